The average Bonchev–Trinajstić information content (AvgIpc) is 3.14. The van der Waals surface area contributed by atoms with Gasteiger partial charge in [0.25, 0.3) is 5.84 Å². The molecule has 124 valence electrons. The van der Waals surface area contributed by atoms with Crippen molar-refractivity contribution in [3.63, 3.8) is 0 Å². The van der Waals surface area contributed by atoms with E-state index >= 15 is 0 Å². The molecular formula is C18H21N4O2+. The number of fused-ring (bicyclic) bond motifs is 1. The van der Waals surface area contributed by atoms with E-state index in [9.17, 15) is 10.5 Å². The monoisotopic (exact) mass is 325 g/mol. The van der Waals surface area contributed by atoms with Crippen molar-refractivity contribution in [2.75, 3.05) is 13.2 Å². The third-order valence-corrected chi connectivity index (χ3v) is 5.07. The average molecular weight is 325 g/mol. The van der Waals surface area contributed by atoms with Crippen LogP contribution in [0.1, 0.15) is 30.9 Å². The Labute approximate surface area is 141 Å². The highest BCUT2D eigenvalue weighted by Crippen LogP contribution is 2.78. The number of hydrogen-bond acceptors (Lipinski definition) is 5. The van der Waals surface area contributed by atoms with Crippen molar-refractivity contribution in [1.82, 2.24) is 0 Å². The van der Waals surface area contributed by atoms with Crippen molar-refractivity contribution >= 4 is 5.84 Å². The van der Waals surface area contributed by atoms with E-state index in [2.05, 4.69) is 17.1 Å². The Balaban J connectivity index is 2.23. The Morgan fingerprint density at radius 1 is 1.21 bits per heavy atom. The summed E-state index contributed by atoms with van der Waals surface area (Å²) in [4.78, 5) is 2.97. The van der Waals surface area contributed by atoms with Crippen LogP contribution in [0.2, 0.25) is 0 Å². The third-order valence-electron chi connectivity index (χ3n) is 5.07. The van der Waals surface area contributed by atoms with Gasteiger partial charge in [-0.05, 0) is 26.3 Å². The SMILES string of the molecule is CCOC1(OCC)[NH+]=C(N)[C@@]2(C#N)[C@H](c3cccc(C)c3)[C@@]12C#N. The molecule has 1 aromatic carbocycles. The standard InChI is InChI=1S/C18H20N4O2/c1-4-23-18(24-5-2)17(11-20)14(13-8-6-7-12(3)9-13)16(17,10-19)15(21)22-18/h6-9,14H,4-5H2,1-3H3,(H2,21,22)/p+1/t14-,16+,17+/m0/s1. The molecule has 3 N–H and O–H groups in total. The largest absolute Gasteiger partial charge is 0.343 e. The number of ether oxygens (including phenoxy) is 2. The smallest absolute Gasteiger partial charge is 0.314 e. The van der Waals surface area contributed by atoms with Crippen LogP contribution in [0.4, 0.5) is 0 Å². The first kappa shape index (κ1) is 16.4. The van der Waals surface area contributed by atoms with Gasteiger partial charge in [-0.2, -0.15) is 10.5 Å². The lowest BCUT2D eigenvalue weighted by Gasteiger charge is -2.29. The molecule has 1 aliphatic carbocycles. The fraction of sp³-hybridized carbons (Fsp3) is 0.500. The summed E-state index contributed by atoms with van der Waals surface area (Å²) in [5, 5.41) is 20.1. The van der Waals surface area contributed by atoms with E-state index in [1.54, 1.807) is 0 Å². The molecule has 1 aromatic rings. The number of amidine groups is 1. The summed E-state index contributed by atoms with van der Waals surface area (Å²) in [6.45, 7) is 6.27. The molecule has 0 unspecified atom stereocenters. The molecule has 6 heteroatoms. The topological polar surface area (TPSA) is 106 Å². The Morgan fingerprint density at radius 2 is 1.88 bits per heavy atom. The molecule has 1 fully saturated rings. The lowest BCUT2D eigenvalue weighted by atomic mass is 9.93. The third kappa shape index (κ3) is 1.62. The first-order chi connectivity index (χ1) is 11.5. The Kier molecular flexibility index (Phi) is 3.64. The van der Waals surface area contributed by atoms with E-state index in [1.165, 1.54) is 0 Å². The van der Waals surface area contributed by atoms with Crippen LogP contribution in [0, 0.1) is 40.4 Å². The first-order valence-electron chi connectivity index (χ1n) is 8.07. The maximum atomic E-state index is 10.1. The molecule has 0 aromatic heterocycles. The predicted molar refractivity (Wildman–Crippen MR) is 86.2 cm³/mol. The molecule has 0 bridgehead atoms. The molecule has 0 spiro atoms. The second-order valence-corrected chi connectivity index (χ2v) is 6.21. The van der Waals surface area contributed by atoms with E-state index in [0.717, 1.165) is 11.1 Å². The highest BCUT2D eigenvalue weighted by atomic mass is 16.7. The molecule has 0 radical (unpaired) electrons. The second kappa shape index (κ2) is 5.31. The zero-order chi connectivity index (χ0) is 17.6. The molecule has 1 saturated carbocycles. The minimum atomic E-state index is -1.42. The molecular weight excluding hydrogens is 304 g/mol. The molecule has 0 saturated heterocycles. The number of benzene rings is 1. The fourth-order valence-electron chi connectivity index (χ4n) is 4.20. The van der Waals surface area contributed by atoms with E-state index in [-0.39, 0.29) is 5.84 Å². The lowest BCUT2D eigenvalue weighted by Crippen LogP contribution is -2.91. The number of rotatable bonds is 5. The van der Waals surface area contributed by atoms with Gasteiger partial charge in [-0.3, -0.25) is 5.73 Å². The lowest BCUT2D eigenvalue weighted by molar-refractivity contribution is -0.693. The van der Waals surface area contributed by atoms with Gasteiger partial charge in [0.2, 0.25) is 0 Å². The minimum absolute atomic E-state index is 0.236. The van der Waals surface area contributed by atoms with E-state index in [1.807, 2.05) is 45.0 Å². The van der Waals surface area contributed by atoms with Crippen LogP contribution >= 0.6 is 0 Å². The van der Waals surface area contributed by atoms with Gasteiger partial charge in [-0.15, -0.1) is 0 Å². The molecule has 3 atom stereocenters. The van der Waals surface area contributed by atoms with Gasteiger partial charge in [0.15, 0.2) is 10.8 Å². The van der Waals surface area contributed by atoms with Gasteiger partial charge >= 0.3 is 5.91 Å². The number of aryl methyl sites for hydroxylation is 1. The molecule has 3 rings (SSSR count). The van der Waals surface area contributed by atoms with E-state index in [0.29, 0.717) is 13.2 Å². The zero-order valence-corrected chi connectivity index (χ0v) is 14.1. The molecule has 0 amide bonds. The number of nitrogens with two attached hydrogens (primary N) is 1. The maximum absolute atomic E-state index is 10.1. The summed E-state index contributed by atoms with van der Waals surface area (Å²) in [6.07, 6.45) is 0. The van der Waals surface area contributed by atoms with Crippen molar-refractivity contribution < 1.29 is 14.5 Å². The van der Waals surface area contributed by atoms with Crippen LogP contribution in [-0.4, -0.2) is 25.0 Å². The number of nitrogens with one attached hydrogen (secondary N) is 1. The van der Waals surface area contributed by atoms with Gasteiger partial charge in [0, 0.05) is 5.92 Å². The minimum Gasteiger partial charge on any atom is -0.314 e. The number of nitriles is 2. The second-order valence-electron chi connectivity index (χ2n) is 6.21. The highest BCUT2D eigenvalue weighted by molar-refractivity contribution is 5.95. The van der Waals surface area contributed by atoms with Crippen LogP contribution in [0.3, 0.4) is 0 Å². The number of nitrogens with zero attached hydrogens (tertiary/aromatic N) is 2. The van der Waals surface area contributed by atoms with Gasteiger partial charge in [0.1, 0.15) is 0 Å². The molecule has 1 heterocycles. The Bertz CT molecular complexity index is 785. The van der Waals surface area contributed by atoms with Crippen LogP contribution in [-0.2, 0) is 9.47 Å². The van der Waals surface area contributed by atoms with Gasteiger partial charge in [0.05, 0.1) is 25.4 Å². The van der Waals surface area contributed by atoms with Crippen molar-refractivity contribution in [2.24, 2.45) is 16.6 Å². The van der Waals surface area contributed by atoms with Crippen molar-refractivity contribution in [2.45, 2.75) is 32.6 Å². The van der Waals surface area contributed by atoms with Crippen molar-refractivity contribution in [1.29, 1.82) is 10.5 Å². The van der Waals surface area contributed by atoms with Gasteiger partial charge < -0.3 is 9.47 Å². The van der Waals surface area contributed by atoms with E-state index in [4.69, 9.17) is 15.2 Å². The summed E-state index contributed by atoms with van der Waals surface area (Å²) < 4.78 is 11.7. The Morgan fingerprint density at radius 3 is 2.38 bits per heavy atom. The van der Waals surface area contributed by atoms with Gasteiger partial charge in [-0.25, -0.2) is 4.99 Å². The highest BCUT2D eigenvalue weighted by Gasteiger charge is 2.97. The summed E-state index contributed by atoms with van der Waals surface area (Å²) >= 11 is 0. The summed E-state index contributed by atoms with van der Waals surface area (Å²) in [5.41, 5.74) is 5.76. The van der Waals surface area contributed by atoms with Crippen molar-refractivity contribution in [3.8, 4) is 12.1 Å². The fourth-order valence-corrected chi connectivity index (χ4v) is 4.20. The normalized spacial score (nSPS) is 32.4. The molecule has 1 aliphatic heterocycles. The molecule has 6 nitrogen and oxygen atoms in total. The van der Waals surface area contributed by atoms with Gasteiger partial charge in [-0.1, -0.05) is 29.8 Å². The van der Waals surface area contributed by atoms with E-state index < -0.39 is 22.7 Å². The zero-order valence-electron chi connectivity index (χ0n) is 14.1. The molecule has 24 heavy (non-hydrogen) atoms. The summed E-state index contributed by atoms with van der Waals surface area (Å²) in [5.74, 6) is -1.58. The summed E-state index contributed by atoms with van der Waals surface area (Å²) in [7, 11) is 0. The predicted octanol–water partition coefficient (Wildman–Crippen LogP) is 0.290. The van der Waals surface area contributed by atoms with Crippen LogP contribution in [0.25, 0.3) is 0 Å². The quantitative estimate of drug-likeness (QED) is 0.757. The first-order valence-corrected chi connectivity index (χ1v) is 8.07. The molecule has 2 aliphatic rings. The van der Waals surface area contributed by atoms with Crippen molar-refractivity contribution in [3.05, 3.63) is 35.4 Å². The number of hydrogen-bond donors (Lipinski definition) is 2. The Hall–Kier alpha value is -2.41. The van der Waals surface area contributed by atoms with Crippen LogP contribution < -0.4 is 10.7 Å². The maximum Gasteiger partial charge on any atom is 0.343 e. The van der Waals surface area contributed by atoms with Crippen LogP contribution in [0.5, 0.6) is 0 Å². The van der Waals surface area contributed by atoms with Crippen LogP contribution in [0.15, 0.2) is 24.3 Å². The summed E-state index contributed by atoms with van der Waals surface area (Å²) in [6, 6.07) is 12.4.